The summed E-state index contributed by atoms with van der Waals surface area (Å²) in [6.07, 6.45) is 2.11. The van der Waals surface area contributed by atoms with Crippen LogP contribution in [0.2, 0.25) is 5.02 Å². The summed E-state index contributed by atoms with van der Waals surface area (Å²) in [5.41, 5.74) is 1.22. The van der Waals surface area contributed by atoms with Crippen LogP contribution in [0.1, 0.15) is 25.8 Å². The van der Waals surface area contributed by atoms with Crippen LogP contribution in [0.4, 0.5) is 4.79 Å². The van der Waals surface area contributed by atoms with Crippen molar-refractivity contribution >= 4 is 17.6 Å². The highest BCUT2D eigenvalue weighted by Crippen LogP contribution is 2.16. The number of nitrogens with one attached hydrogen (secondary N) is 1. The molecule has 1 aromatic carbocycles. The van der Waals surface area contributed by atoms with Crippen molar-refractivity contribution in [1.29, 1.82) is 0 Å². The zero-order valence-electron chi connectivity index (χ0n) is 14.2. The molecule has 0 aromatic heterocycles. The number of aryl methyl sites for hydroxylation is 1. The number of halogens is 1. The van der Waals surface area contributed by atoms with E-state index in [0.717, 1.165) is 57.1 Å². The van der Waals surface area contributed by atoms with Crippen molar-refractivity contribution in [2.75, 3.05) is 39.3 Å². The molecule has 1 aliphatic heterocycles. The summed E-state index contributed by atoms with van der Waals surface area (Å²) in [5, 5.41) is 3.85. The number of hydrogen-bond donors (Lipinski definition) is 1. The molecule has 23 heavy (non-hydrogen) atoms. The summed E-state index contributed by atoms with van der Waals surface area (Å²) in [5.74, 6) is 0.491. The predicted octanol–water partition coefficient (Wildman–Crippen LogP) is 3.26. The molecule has 1 fully saturated rings. The Morgan fingerprint density at radius 3 is 2.57 bits per heavy atom. The fraction of sp³-hybridized carbons (Fsp3) is 0.611. The van der Waals surface area contributed by atoms with E-state index in [0.29, 0.717) is 5.92 Å². The van der Waals surface area contributed by atoms with Crippen molar-refractivity contribution in [2.24, 2.45) is 5.92 Å². The van der Waals surface area contributed by atoms with E-state index < -0.39 is 0 Å². The number of urea groups is 1. The second-order valence-electron chi connectivity index (χ2n) is 6.60. The highest BCUT2D eigenvalue weighted by molar-refractivity contribution is 6.31. The lowest BCUT2D eigenvalue weighted by molar-refractivity contribution is 0.138. The molecule has 1 aromatic rings. The normalized spacial score (nSPS) is 15.9. The minimum Gasteiger partial charge on any atom is -0.338 e. The molecule has 0 saturated carbocycles. The van der Waals surface area contributed by atoms with Crippen LogP contribution in [0.3, 0.4) is 0 Å². The summed E-state index contributed by atoms with van der Waals surface area (Å²) >= 11 is 6.19. The molecule has 1 heterocycles. The third-order valence-electron chi connectivity index (χ3n) is 4.20. The van der Waals surface area contributed by atoms with Crippen LogP contribution < -0.4 is 5.32 Å². The smallest absolute Gasteiger partial charge is 0.317 e. The fourth-order valence-electron chi connectivity index (χ4n) is 2.77. The van der Waals surface area contributed by atoms with Gasteiger partial charge < -0.3 is 10.2 Å². The molecule has 0 unspecified atom stereocenters. The third-order valence-corrected chi connectivity index (χ3v) is 4.57. The van der Waals surface area contributed by atoms with Crippen LogP contribution in [0, 0.1) is 5.92 Å². The first kappa shape index (κ1) is 18.1. The maximum absolute atomic E-state index is 12.0. The van der Waals surface area contributed by atoms with Crippen LogP contribution in [0.5, 0.6) is 0 Å². The molecule has 4 nitrogen and oxygen atoms in total. The summed E-state index contributed by atoms with van der Waals surface area (Å²) < 4.78 is 0. The second-order valence-corrected chi connectivity index (χ2v) is 7.01. The average molecular weight is 338 g/mol. The number of carbonyl (C=O) groups excluding carboxylic acids is 1. The van der Waals surface area contributed by atoms with Gasteiger partial charge in [0.05, 0.1) is 0 Å². The zero-order chi connectivity index (χ0) is 16.7. The Morgan fingerprint density at radius 2 is 1.91 bits per heavy atom. The van der Waals surface area contributed by atoms with Gasteiger partial charge in [0.15, 0.2) is 0 Å². The van der Waals surface area contributed by atoms with Gasteiger partial charge in [-0.15, -0.1) is 0 Å². The molecule has 5 heteroatoms. The lowest BCUT2D eigenvalue weighted by Gasteiger charge is -2.34. The number of carbonyl (C=O) groups is 1. The number of hydrogen-bond acceptors (Lipinski definition) is 2. The second kappa shape index (κ2) is 9.14. The molecule has 1 saturated heterocycles. The molecular formula is C18H28ClN3O. The molecule has 0 spiro atoms. The van der Waals surface area contributed by atoms with Gasteiger partial charge in [-0.3, -0.25) is 4.90 Å². The Kier molecular flexibility index (Phi) is 7.18. The van der Waals surface area contributed by atoms with E-state index in [1.54, 1.807) is 0 Å². The lowest BCUT2D eigenvalue weighted by Crippen LogP contribution is -2.52. The first-order valence-electron chi connectivity index (χ1n) is 8.55. The van der Waals surface area contributed by atoms with E-state index in [1.165, 1.54) is 5.56 Å². The highest BCUT2D eigenvalue weighted by Gasteiger charge is 2.20. The Hall–Kier alpha value is -1.26. The van der Waals surface area contributed by atoms with Gasteiger partial charge in [-0.05, 0) is 36.9 Å². The molecule has 1 N–H and O–H groups in total. The molecule has 2 rings (SSSR count). The minimum absolute atomic E-state index is 0.0782. The largest absolute Gasteiger partial charge is 0.338 e. The summed E-state index contributed by atoms with van der Waals surface area (Å²) in [6, 6.07) is 8.13. The Bertz CT molecular complexity index is 499. The van der Waals surface area contributed by atoms with Gasteiger partial charge in [0.2, 0.25) is 0 Å². The van der Waals surface area contributed by atoms with Gasteiger partial charge in [0.25, 0.3) is 0 Å². The molecule has 1 aliphatic rings. The number of piperazine rings is 1. The average Bonchev–Trinajstić information content (AvgIpc) is 2.55. The number of rotatable bonds is 6. The van der Waals surface area contributed by atoms with Crippen molar-refractivity contribution in [3.63, 3.8) is 0 Å². The topological polar surface area (TPSA) is 35.6 Å². The maximum atomic E-state index is 12.0. The standard InChI is InChI=1S/C18H28ClN3O/c1-15(2)14-20-18(23)22-12-10-21(11-13-22)9-5-7-16-6-3-4-8-17(16)19/h3-4,6,8,15H,5,7,9-14H2,1-2H3,(H,20,23). The monoisotopic (exact) mass is 337 g/mol. The quantitative estimate of drug-likeness (QED) is 0.864. The van der Waals surface area contributed by atoms with Crippen LogP contribution >= 0.6 is 11.6 Å². The van der Waals surface area contributed by atoms with Crippen LogP contribution in [0.15, 0.2) is 24.3 Å². The first-order valence-corrected chi connectivity index (χ1v) is 8.92. The van der Waals surface area contributed by atoms with E-state index in [4.69, 9.17) is 11.6 Å². The summed E-state index contributed by atoms with van der Waals surface area (Å²) in [6.45, 7) is 9.57. The Morgan fingerprint density at radius 1 is 1.22 bits per heavy atom. The highest BCUT2D eigenvalue weighted by atomic mass is 35.5. The molecule has 128 valence electrons. The first-order chi connectivity index (χ1) is 11.1. The number of amides is 2. The number of benzene rings is 1. The van der Waals surface area contributed by atoms with Crippen LogP contribution in [0.25, 0.3) is 0 Å². The zero-order valence-corrected chi connectivity index (χ0v) is 15.0. The lowest BCUT2D eigenvalue weighted by atomic mass is 10.1. The third kappa shape index (κ3) is 6.04. The van der Waals surface area contributed by atoms with E-state index in [-0.39, 0.29) is 6.03 Å². The molecule has 0 bridgehead atoms. The molecule has 0 atom stereocenters. The molecule has 0 radical (unpaired) electrons. The van der Waals surface area contributed by atoms with E-state index >= 15 is 0 Å². The van der Waals surface area contributed by atoms with Gasteiger partial charge in [0, 0.05) is 37.7 Å². The van der Waals surface area contributed by atoms with Crippen molar-refractivity contribution < 1.29 is 4.79 Å². The SMILES string of the molecule is CC(C)CNC(=O)N1CCN(CCCc2ccccc2Cl)CC1. The van der Waals surface area contributed by atoms with Crippen molar-refractivity contribution in [3.05, 3.63) is 34.9 Å². The predicted molar refractivity (Wildman–Crippen MR) is 96.0 cm³/mol. The van der Waals surface area contributed by atoms with E-state index in [1.807, 2.05) is 23.1 Å². The summed E-state index contributed by atoms with van der Waals surface area (Å²) in [4.78, 5) is 16.4. The van der Waals surface area contributed by atoms with Gasteiger partial charge >= 0.3 is 6.03 Å². The van der Waals surface area contributed by atoms with E-state index in [9.17, 15) is 4.79 Å². The van der Waals surface area contributed by atoms with Crippen molar-refractivity contribution in [2.45, 2.75) is 26.7 Å². The maximum Gasteiger partial charge on any atom is 0.317 e. The van der Waals surface area contributed by atoms with Crippen LogP contribution in [-0.4, -0.2) is 55.1 Å². The van der Waals surface area contributed by atoms with Gasteiger partial charge in [-0.2, -0.15) is 0 Å². The number of nitrogens with zero attached hydrogens (tertiary/aromatic N) is 2. The molecule has 2 amide bonds. The Labute approximate surface area is 144 Å². The van der Waals surface area contributed by atoms with Gasteiger partial charge in [-0.25, -0.2) is 4.79 Å². The Balaban J connectivity index is 1.65. The fourth-order valence-corrected chi connectivity index (χ4v) is 3.00. The van der Waals surface area contributed by atoms with Crippen molar-refractivity contribution in [3.8, 4) is 0 Å². The van der Waals surface area contributed by atoms with E-state index in [2.05, 4.69) is 30.1 Å². The minimum atomic E-state index is 0.0782. The van der Waals surface area contributed by atoms with Gasteiger partial charge in [0.1, 0.15) is 0 Å². The molecule has 0 aliphatic carbocycles. The van der Waals surface area contributed by atoms with Gasteiger partial charge in [-0.1, -0.05) is 43.6 Å². The van der Waals surface area contributed by atoms with Crippen molar-refractivity contribution in [1.82, 2.24) is 15.1 Å². The summed E-state index contributed by atoms with van der Waals surface area (Å²) in [7, 11) is 0. The molecular weight excluding hydrogens is 310 g/mol. The van der Waals surface area contributed by atoms with Crippen LogP contribution in [-0.2, 0) is 6.42 Å².